The summed E-state index contributed by atoms with van der Waals surface area (Å²) in [5.41, 5.74) is 1.75. The lowest BCUT2D eigenvalue weighted by Gasteiger charge is -2.09. The molecule has 0 spiro atoms. The largest absolute Gasteiger partial charge is 0.459 e. The first-order chi connectivity index (χ1) is 8.52. The molecule has 1 aromatic carbocycles. The highest BCUT2D eigenvalue weighted by atomic mass is 16.5. The predicted octanol–water partition coefficient (Wildman–Crippen LogP) is 2.81. The van der Waals surface area contributed by atoms with Crippen LogP contribution in [0.4, 0.5) is 0 Å². The van der Waals surface area contributed by atoms with E-state index >= 15 is 0 Å². The second-order valence-corrected chi connectivity index (χ2v) is 4.96. The molecular formula is C15H22O3. The minimum atomic E-state index is -0.575. The van der Waals surface area contributed by atoms with Gasteiger partial charge in [-0.3, -0.25) is 0 Å². The van der Waals surface area contributed by atoms with Gasteiger partial charge in [0.2, 0.25) is 0 Å². The third kappa shape index (κ3) is 4.88. The first-order valence-corrected chi connectivity index (χ1v) is 6.47. The Bertz CT molecular complexity index is 368. The van der Waals surface area contributed by atoms with Gasteiger partial charge in [0.25, 0.3) is 0 Å². The third-order valence-electron chi connectivity index (χ3n) is 2.71. The maximum Gasteiger partial charge on any atom is 0.338 e. The quantitative estimate of drug-likeness (QED) is 0.790. The van der Waals surface area contributed by atoms with Gasteiger partial charge in [-0.05, 0) is 36.5 Å². The van der Waals surface area contributed by atoms with Crippen LogP contribution in [-0.4, -0.2) is 23.8 Å². The van der Waals surface area contributed by atoms with Crippen molar-refractivity contribution in [2.75, 3.05) is 6.61 Å². The Kier molecular flexibility index (Phi) is 5.86. The fraction of sp³-hybridized carbons (Fsp3) is 0.533. The van der Waals surface area contributed by atoms with Crippen molar-refractivity contribution in [1.82, 2.24) is 0 Å². The summed E-state index contributed by atoms with van der Waals surface area (Å²) in [7, 11) is 0. The van der Waals surface area contributed by atoms with Gasteiger partial charge in [0.05, 0.1) is 11.7 Å². The van der Waals surface area contributed by atoms with Gasteiger partial charge in [-0.1, -0.05) is 32.9 Å². The van der Waals surface area contributed by atoms with Gasteiger partial charge in [-0.2, -0.15) is 0 Å². The molecule has 1 atom stereocenters. The fourth-order valence-corrected chi connectivity index (χ4v) is 1.62. The molecule has 0 aliphatic heterocycles. The van der Waals surface area contributed by atoms with Crippen LogP contribution in [0.5, 0.6) is 0 Å². The van der Waals surface area contributed by atoms with E-state index in [0.29, 0.717) is 17.9 Å². The van der Waals surface area contributed by atoms with Crippen molar-refractivity contribution in [1.29, 1.82) is 0 Å². The van der Waals surface area contributed by atoms with E-state index in [-0.39, 0.29) is 12.6 Å². The summed E-state index contributed by atoms with van der Waals surface area (Å²) >= 11 is 0. The lowest BCUT2D eigenvalue weighted by Crippen LogP contribution is -2.17. The van der Waals surface area contributed by atoms with E-state index in [1.54, 1.807) is 12.1 Å². The van der Waals surface area contributed by atoms with Crippen LogP contribution in [0, 0.1) is 5.92 Å². The van der Waals surface area contributed by atoms with Gasteiger partial charge in [-0.25, -0.2) is 4.79 Å². The average Bonchev–Trinajstić information content (AvgIpc) is 2.35. The molecule has 0 radical (unpaired) electrons. The zero-order valence-electron chi connectivity index (χ0n) is 11.3. The van der Waals surface area contributed by atoms with Crippen molar-refractivity contribution >= 4 is 5.97 Å². The highest BCUT2D eigenvalue weighted by Crippen LogP contribution is 2.10. The van der Waals surface area contributed by atoms with Crippen molar-refractivity contribution < 1.29 is 14.6 Å². The molecule has 3 nitrogen and oxygen atoms in total. The molecule has 0 saturated heterocycles. The smallest absolute Gasteiger partial charge is 0.338 e. The van der Waals surface area contributed by atoms with E-state index in [4.69, 9.17) is 4.74 Å². The highest BCUT2D eigenvalue weighted by molar-refractivity contribution is 5.89. The third-order valence-corrected chi connectivity index (χ3v) is 2.71. The van der Waals surface area contributed by atoms with Crippen LogP contribution < -0.4 is 0 Å². The van der Waals surface area contributed by atoms with Crippen LogP contribution in [-0.2, 0) is 11.2 Å². The molecule has 0 bridgehead atoms. The Morgan fingerprint density at radius 1 is 1.28 bits per heavy atom. The van der Waals surface area contributed by atoms with Crippen molar-refractivity contribution in [3.8, 4) is 0 Å². The second-order valence-electron chi connectivity index (χ2n) is 4.96. The molecule has 0 saturated carbocycles. The van der Waals surface area contributed by atoms with E-state index in [1.165, 1.54) is 5.56 Å². The lowest BCUT2D eigenvalue weighted by molar-refractivity contribution is 0.0250. The van der Waals surface area contributed by atoms with Crippen LogP contribution in [0.25, 0.3) is 0 Å². The first kappa shape index (κ1) is 14.7. The van der Waals surface area contributed by atoms with E-state index in [2.05, 4.69) is 13.8 Å². The van der Waals surface area contributed by atoms with Gasteiger partial charge >= 0.3 is 5.97 Å². The molecule has 3 heteroatoms. The number of carbonyl (C=O) groups is 1. The molecule has 1 unspecified atom stereocenters. The average molecular weight is 250 g/mol. The zero-order chi connectivity index (χ0) is 13.5. The van der Waals surface area contributed by atoms with Gasteiger partial charge in [0, 0.05) is 0 Å². The van der Waals surface area contributed by atoms with E-state index in [1.807, 2.05) is 19.1 Å². The molecule has 0 fully saturated rings. The van der Waals surface area contributed by atoms with E-state index in [9.17, 15) is 9.90 Å². The summed E-state index contributed by atoms with van der Waals surface area (Å²) in [5, 5.41) is 9.32. The standard InChI is InChI=1S/C15H22O3/c1-4-14(16)10-18-15(17)13-7-5-12(6-8-13)9-11(2)3/h5-8,11,14,16H,4,9-10H2,1-3H3. The monoisotopic (exact) mass is 250 g/mol. The Balaban J connectivity index is 2.53. The minimum Gasteiger partial charge on any atom is -0.459 e. The summed E-state index contributed by atoms with van der Waals surface area (Å²) in [5.74, 6) is 0.223. The lowest BCUT2D eigenvalue weighted by atomic mass is 10.0. The van der Waals surface area contributed by atoms with E-state index in [0.717, 1.165) is 6.42 Å². The molecule has 18 heavy (non-hydrogen) atoms. The van der Waals surface area contributed by atoms with Gasteiger partial charge in [0.1, 0.15) is 6.61 Å². The normalized spacial score (nSPS) is 12.5. The Labute approximate surface area is 109 Å². The minimum absolute atomic E-state index is 0.0586. The maximum absolute atomic E-state index is 11.7. The molecular weight excluding hydrogens is 228 g/mol. The number of hydrogen-bond acceptors (Lipinski definition) is 3. The number of rotatable bonds is 6. The Morgan fingerprint density at radius 2 is 1.89 bits per heavy atom. The van der Waals surface area contributed by atoms with Crippen LogP contribution in [0.2, 0.25) is 0 Å². The summed E-state index contributed by atoms with van der Waals surface area (Å²) in [4.78, 5) is 11.7. The highest BCUT2D eigenvalue weighted by Gasteiger charge is 2.09. The fourth-order valence-electron chi connectivity index (χ4n) is 1.62. The number of aliphatic hydroxyl groups excluding tert-OH is 1. The topological polar surface area (TPSA) is 46.5 Å². The molecule has 0 aliphatic rings. The number of benzene rings is 1. The van der Waals surface area contributed by atoms with Gasteiger partial charge in [0.15, 0.2) is 0 Å². The van der Waals surface area contributed by atoms with Crippen molar-refractivity contribution in [2.45, 2.75) is 39.7 Å². The van der Waals surface area contributed by atoms with Crippen molar-refractivity contribution in [2.24, 2.45) is 5.92 Å². The van der Waals surface area contributed by atoms with E-state index < -0.39 is 6.10 Å². The van der Waals surface area contributed by atoms with Crippen LogP contribution in [0.1, 0.15) is 43.1 Å². The molecule has 1 N–H and O–H groups in total. The molecule has 100 valence electrons. The summed E-state index contributed by atoms with van der Waals surface area (Å²) in [6.45, 7) is 6.23. The molecule has 0 amide bonds. The van der Waals surface area contributed by atoms with Gasteiger partial charge < -0.3 is 9.84 Å². The Morgan fingerprint density at radius 3 is 2.39 bits per heavy atom. The molecule has 0 heterocycles. The van der Waals surface area contributed by atoms with Crippen molar-refractivity contribution in [3.63, 3.8) is 0 Å². The second kappa shape index (κ2) is 7.17. The Hall–Kier alpha value is -1.35. The van der Waals surface area contributed by atoms with Crippen molar-refractivity contribution in [3.05, 3.63) is 35.4 Å². The molecule has 0 aromatic heterocycles. The van der Waals surface area contributed by atoms with Crippen LogP contribution in [0.15, 0.2) is 24.3 Å². The number of aliphatic hydroxyl groups is 1. The zero-order valence-corrected chi connectivity index (χ0v) is 11.3. The van der Waals surface area contributed by atoms with Gasteiger partial charge in [-0.15, -0.1) is 0 Å². The predicted molar refractivity (Wildman–Crippen MR) is 71.6 cm³/mol. The number of ether oxygens (including phenoxy) is 1. The summed E-state index contributed by atoms with van der Waals surface area (Å²) < 4.78 is 5.01. The first-order valence-electron chi connectivity index (χ1n) is 6.47. The molecule has 1 rings (SSSR count). The summed E-state index contributed by atoms with van der Waals surface area (Å²) in [6, 6.07) is 7.45. The van der Waals surface area contributed by atoms with Crippen LogP contribution >= 0.6 is 0 Å². The summed E-state index contributed by atoms with van der Waals surface area (Å²) in [6.07, 6.45) is 1.01. The number of esters is 1. The molecule has 0 aliphatic carbocycles. The number of carbonyl (C=O) groups excluding carboxylic acids is 1. The maximum atomic E-state index is 11.7. The van der Waals surface area contributed by atoms with Crippen LogP contribution in [0.3, 0.4) is 0 Å². The SMILES string of the molecule is CCC(O)COC(=O)c1ccc(CC(C)C)cc1. The number of hydrogen-bond donors (Lipinski definition) is 1. The molecule has 1 aromatic rings.